The van der Waals surface area contributed by atoms with Crippen molar-refractivity contribution in [2.75, 3.05) is 12.3 Å². The topological polar surface area (TPSA) is 250 Å². The van der Waals surface area contributed by atoms with Gasteiger partial charge in [0.1, 0.15) is 5.52 Å². The van der Waals surface area contributed by atoms with Gasteiger partial charge in [0.2, 0.25) is 0 Å². The van der Waals surface area contributed by atoms with Gasteiger partial charge >= 0.3 is 29.5 Å². The molecule has 0 spiro atoms. The third-order valence-electron chi connectivity index (χ3n) is 4.74. The van der Waals surface area contributed by atoms with Crippen LogP contribution in [0.25, 0.3) is 11.2 Å². The number of anilines is 1. The minimum atomic E-state index is -5.72. The van der Waals surface area contributed by atoms with Crippen LogP contribution in [0.1, 0.15) is 18.9 Å². The van der Waals surface area contributed by atoms with E-state index in [0.717, 1.165) is 0 Å². The second kappa shape index (κ2) is 8.77. The average molecular weight is 531 g/mol. The van der Waals surface area contributed by atoms with E-state index >= 15 is 0 Å². The molecule has 182 valence electrons. The minimum Gasteiger partial charge on any atom is -0.391 e. The van der Waals surface area contributed by atoms with Crippen LogP contribution in [-0.2, 0) is 26.8 Å². The molecular weight excluding hydrogens is 514 g/mol. The van der Waals surface area contributed by atoms with E-state index in [1.807, 2.05) is 0 Å². The third kappa shape index (κ3) is 5.83. The maximum atomic E-state index is 13.6. The number of rotatable bonds is 8. The second-order valence-electron chi connectivity index (χ2n) is 6.98. The highest BCUT2D eigenvalue weighted by molar-refractivity contribution is 7.66. The van der Waals surface area contributed by atoms with Crippen molar-refractivity contribution in [1.82, 2.24) is 19.5 Å². The molecule has 1 saturated carbocycles. The Hall–Kier alpha value is -1.79. The first kappa shape index (κ1) is 25.8. The van der Waals surface area contributed by atoms with Crippen molar-refractivity contribution < 1.29 is 55.9 Å². The lowest BCUT2D eigenvalue weighted by molar-refractivity contribution is 0.0443. The quantitative estimate of drug-likeness (QED) is 0.151. The van der Waals surface area contributed by atoms with Crippen molar-refractivity contribution in [3.8, 4) is 12.3 Å². The van der Waals surface area contributed by atoms with Gasteiger partial charge in [0, 0.05) is 6.04 Å². The second-order valence-corrected chi connectivity index (χ2v) is 11.4. The van der Waals surface area contributed by atoms with E-state index in [1.54, 1.807) is 0 Å². The molecule has 1 aliphatic carbocycles. The van der Waals surface area contributed by atoms with Crippen LogP contribution in [0.2, 0.25) is 0 Å². The number of aromatic nitrogens is 4. The van der Waals surface area contributed by atoms with Crippen molar-refractivity contribution in [3.05, 3.63) is 12.4 Å². The lowest BCUT2D eigenvalue weighted by Crippen LogP contribution is -2.33. The van der Waals surface area contributed by atoms with Crippen LogP contribution in [0.5, 0.6) is 0 Å². The standard InChI is InChI=1S/C13H17FN5O11P3/c1-2-13(5-28-32(24,25)30-33(26,27)29-31(21,22)23)4-7(3-8(13)20)19-6-16-9-10(15)17-12(14)18-11(9)19/h1,6-8,20H,3-5H2,(H,24,25)(H,26,27)(H2,15,17,18)(H2,21,22,23)/t7-,8-,13+/m0/s1. The summed E-state index contributed by atoms with van der Waals surface area (Å²) >= 11 is 0. The van der Waals surface area contributed by atoms with Crippen molar-refractivity contribution in [1.29, 1.82) is 0 Å². The molecule has 2 aromatic rings. The van der Waals surface area contributed by atoms with Crippen LogP contribution in [0.3, 0.4) is 0 Å². The molecule has 20 heteroatoms. The SMILES string of the molecule is C#C[C@]1(COP(=O)(O)OP(=O)(O)OP(=O)(O)O)C[C@@H](n2cnc3c(N)nc(F)nc32)C[C@@H]1O. The zero-order valence-corrected chi connectivity index (χ0v) is 18.9. The average Bonchev–Trinajstić information content (AvgIpc) is 3.18. The van der Waals surface area contributed by atoms with Gasteiger partial charge in [-0.1, -0.05) is 5.92 Å². The van der Waals surface area contributed by atoms with Gasteiger partial charge in [-0.3, -0.25) is 4.52 Å². The zero-order chi connectivity index (χ0) is 24.8. The minimum absolute atomic E-state index is 0.0120. The van der Waals surface area contributed by atoms with Crippen LogP contribution in [0.15, 0.2) is 6.33 Å². The third-order valence-corrected chi connectivity index (χ3v) is 8.52. The largest absolute Gasteiger partial charge is 0.490 e. The Kier molecular flexibility index (Phi) is 6.86. The molecular formula is C13H17FN5O11P3. The predicted octanol–water partition coefficient (Wildman–Crippen LogP) is 0.206. The van der Waals surface area contributed by atoms with Gasteiger partial charge in [-0.05, 0) is 12.8 Å². The Morgan fingerprint density at radius 1 is 1.24 bits per heavy atom. The van der Waals surface area contributed by atoms with Crippen LogP contribution in [-0.4, -0.2) is 56.9 Å². The highest BCUT2D eigenvalue weighted by atomic mass is 31.3. The molecule has 0 aliphatic heterocycles. The van der Waals surface area contributed by atoms with Crippen molar-refractivity contribution >= 4 is 40.4 Å². The monoisotopic (exact) mass is 531 g/mol. The number of imidazole rings is 1. The van der Waals surface area contributed by atoms with E-state index in [4.69, 9.17) is 21.9 Å². The Labute approximate surface area is 184 Å². The van der Waals surface area contributed by atoms with Gasteiger partial charge < -0.3 is 35.0 Å². The fourth-order valence-electron chi connectivity index (χ4n) is 3.36. The van der Waals surface area contributed by atoms with Gasteiger partial charge in [0.15, 0.2) is 11.5 Å². The number of terminal acetylenes is 1. The van der Waals surface area contributed by atoms with E-state index in [-0.39, 0.29) is 29.8 Å². The Balaban J connectivity index is 1.78. The molecule has 0 amide bonds. The number of phosphoric ester groups is 1. The molecule has 3 rings (SSSR count). The Morgan fingerprint density at radius 2 is 1.91 bits per heavy atom. The van der Waals surface area contributed by atoms with Gasteiger partial charge in [-0.25, -0.2) is 18.7 Å². The first-order valence-electron chi connectivity index (χ1n) is 8.66. The van der Waals surface area contributed by atoms with Crippen molar-refractivity contribution in [3.63, 3.8) is 0 Å². The van der Waals surface area contributed by atoms with E-state index in [1.165, 1.54) is 10.9 Å². The maximum Gasteiger partial charge on any atom is 0.490 e. The molecule has 0 bridgehead atoms. The van der Waals surface area contributed by atoms with Crippen LogP contribution in [0, 0.1) is 23.8 Å². The number of phosphoric acid groups is 3. The fourth-order valence-corrected chi connectivity index (χ4v) is 6.45. The number of aliphatic hydroxyl groups is 1. The van der Waals surface area contributed by atoms with Crippen molar-refractivity contribution in [2.45, 2.75) is 25.0 Å². The summed E-state index contributed by atoms with van der Waals surface area (Å²) in [5.41, 5.74) is 4.09. The zero-order valence-electron chi connectivity index (χ0n) is 16.2. The summed E-state index contributed by atoms with van der Waals surface area (Å²) in [4.78, 5) is 47.0. The highest BCUT2D eigenvalue weighted by Gasteiger charge is 2.49. The first-order chi connectivity index (χ1) is 15.1. The van der Waals surface area contributed by atoms with E-state index in [9.17, 15) is 33.0 Å². The molecule has 33 heavy (non-hydrogen) atoms. The molecule has 1 aliphatic rings. The summed E-state index contributed by atoms with van der Waals surface area (Å²) in [5.74, 6) is 2.03. The first-order valence-corrected chi connectivity index (χ1v) is 13.2. The fraction of sp³-hybridized carbons (Fsp3) is 0.462. The number of nitrogens with zero attached hydrogens (tertiary/aromatic N) is 4. The van der Waals surface area contributed by atoms with Gasteiger partial charge in [-0.2, -0.15) is 23.0 Å². The molecule has 7 N–H and O–H groups in total. The highest BCUT2D eigenvalue weighted by Crippen LogP contribution is 2.66. The number of nitrogen functional groups attached to an aromatic ring is 1. The molecule has 0 aromatic carbocycles. The summed E-state index contributed by atoms with van der Waals surface area (Å²) in [7, 11) is -16.7. The summed E-state index contributed by atoms with van der Waals surface area (Å²) in [6, 6.07) is -0.653. The van der Waals surface area contributed by atoms with E-state index < -0.39 is 53.7 Å². The number of fused-ring (bicyclic) bond motifs is 1. The molecule has 1 fully saturated rings. The summed E-state index contributed by atoms with van der Waals surface area (Å²) in [6.07, 6.45) is 4.15. The number of halogens is 1. The van der Waals surface area contributed by atoms with Gasteiger partial charge in [-0.15, -0.1) is 6.42 Å². The molecule has 0 radical (unpaired) electrons. The van der Waals surface area contributed by atoms with Gasteiger partial charge in [0.05, 0.1) is 24.5 Å². The number of nitrogens with two attached hydrogens (primary N) is 1. The van der Waals surface area contributed by atoms with E-state index in [2.05, 4.69) is 34.0 Å². The molecule has 2 unspecified atom stereocenters. The summed E-state index contributed by atoms with van der Waals surface area (Å²) in [6.45, 7) is -0.886. The smallest absolute Gasteiger partial charge is 0.391 e. The molecule has 2 aromatic heterocycles. The molecule has 2 heterocycles. The maximum absolute atomic E-state index is 13.6. The predicted molar refractivity (Wildman–Crippen MR) is 105 cm³/mol. The van der Waals surface area contributed by atoms with Crippen LogP contribution >= 0.6 is 23.5 Å². The van der Waals surface area contributed by atoms with Crippen LogP contribution < -0.4 is 5.73 Å². The molecule has 0 saturated heterocycles. The van der Waals surface area contributed by atoms with E-state index in [0.29, 0.717) is 0 Å². The number of aliphatic hydroxyl groups excluding tert-OH is 1. The number of hydrogen-bond acceptors (Lipinski definition) is 11. The lowest BCUT2D eigenvalue weighted by Gasteiger charge is -2.27. The Bertz CT molecular complexity index is 1260. The normalized spacial score (nSPS) is 27.2. The number of hydrogen-bond donors (Lipinski definition) is 6. The Morgan fingerprint density at radius 3 is 2.52 bits per heavy atom. The molecule has 5 atom stereocenters. The lowest BCUT2D eigenvalue weighted by atomic mass is 9.86. The van der Waals surface area contributed by atoms with Crippen LogP contribution in [0.4, 0.5) is 10.2 Å². The van der Waals surface area contributed by atoms with Gasteiger partial charge in [0.25, 0.3) is 0 Å². The summed E-state index contributed by atoms with van der Waals surface area (Å²) in [5, 5.41) is 10.5. The molecule has 16 nitrogen and oxygen atoms in total. The van der Waals surface area contributed by atoms with Crippen molar-refractivity contribution in [2.24, 2.45) is 5.41 Å². The summed E-state index contributed by atoms with van der Waals surface area (Å²) < 4.78 is 61.0.